The lowest BCUT2D eigenvalue weighted by atomic mass is 10.0. The van der Waals surface area contributed by atoms with Gasteiger partial charge in [0, 0.05) is 24.8 Å². The predicted octanol–water partition coefficient (Wildman–Crippen LogP) is 1.93. The molecule has 0 atom stereocenters. The van der Waals surface area contributed by atoms with Gasteiger partial charge in [0.25, 0.3) is 0 Å². The average molecular weight is 277 g/mol. The molecule has 5 heteroatoms. The molecule has 20 heavy (non-hydrogen) atoms. The van der Waals surface area contributed by atoms with E-state index in [2.05, 4.69) is 28.9 Å². The first-order valence-electron chi connectivity index (χ1n) is 7.03. The van der Waals surface area contributed by atoms with Crippen molar-refractivity contribution in [1.82, 2.24) is 9.88 Å². The van der Waals surface area contributed by atoms with Gasteiger partial charge in [0.2, 0.25) is 0 Å². The Bertz CT molecular complexity index is 506. The number of carbonyl (C=O) groups is 1. The van der Waals surface area contributed by atoms with E-state index >= 15 is 0 Å². The summed E-state index contributed by atoms with van der Waals surface area (Å²) in [6, 6.07) is 2.41. The molecule has 2 heterocycles. The second-order valence-corrected chi connectivity index (χ2v) is 5.77. The minimum absolute atomic E-state index is 0.346. The standard InChI is InChI=1S/C15H23N3O2/c1-10-9-11(2)16-14(13(10)15(19)20)18-7-5-12(6-8-18)17(3)4/h9,12H,5-8H2,1-4H3,(H,19,20). The highest BCUT2D eigenvalue weighted by Crippen LogP contribution is 2.26. The van der Waals surface area contributed by atoms with E-state index in [4.69, 9.17) is 0 Å². The van der Waals surface area contributed by atoms with E-state index in [1.165, 1.54) is 0 Å². The fourth-order valence-electron chi connectivity index (χ4n) is 2.90. The van der Waals surface area contributed by atoms with Crippen molar-refractivity contribution in [3.05, 3.63) is 22.9 Å². The van der Waals surface area contributed by atoms with Crippen molar-refractivity contribution >= 4 is 11.8 Å². The van der Waals surface area contributed by atoms with Gasteiger partial charge < -0.3 is 14.9 Å². The van der Waals surface area contributed by atoms with Crippen molar-refractivity contribution in [2.75, 3.05) is 32.1 Å². The molecular weight excluding hydrogens is 254 g/mol. The Hall–Kier alpha value is -1.62. The van der Waals surface area contributed by atoms with E-state index < -0.39 is 5.97 Å². The second-order valence-electron chi connectivity index (χ2n) is 5.77. The van der Waals surface area contributed by atoms with Gasteiger partial charge in [-0.25, -0.2) is 9.78 Å². The number of nitrogens with zero attached hydrogens (tertiary/aromatic N) is 3. The van der Waals surface area contributed by atoms with E-state index in [1.807, 2.05) is 19.9 Å². The molecule has 0 unspecified atom stereocenters. The van der Waals surface area contributed by atoms with Gasteiger partial charge in [-0.2, -0.15) is 0 Å². The number of piperidine rings is 1. The van der Waals surface area contributed by atoms with E-state index in [1.54, 1.807) is 0 Å². The van der Waals surface area contributed by atoms with Gasteiger partial charge in [0.05, 0.1) is 0 Å². The Kier molecular flexibility index (Phi) is 4.28. The van der Waals surface area contributed by atoms with Gasteiger partial charge >= 0.3 is 5.97 Å². The van der Waals surface area contributed by atoms with E-state index in [9.17, 15) is 9.90 Å². The van der Waals surface area contributed by atoms with Crippen molar-refractivity contribution < 1.29 is 9.90 Å². The van der Waals surface area contributed by atoms with Crippen LogP contribution in [0.25, 0.3) is 0 Å². The molecular formula is C15H23N3O2. The van der Waals surface area contributed by atoms with Crippen molar-refractivity contribution in [2.24, 2.45) is 0 Å². The average Bonchev–Trinajstić information content (AvgIpc) is 2.37. The fourth-order valence-corrected chi connectivity index (χ4v) is 2.90. The Balaban J connectivity index is 2.27. The summed E-state index contributed by atoms with van der Waals surface area (Å²) in [4.78, 5) is 20.3. The molecule has 1 fully saturated rings. The summed E-state index contributed by atoms with van der Waals surface area (Å²) in [6.45, 7) is 5.47. The van der Waals surface area contributed by atoms with Crippen LogP contribution in [-0.2, 0) is 0 Å². The summed E-state index contributed by atoms with van der Waals surface area (Å²) in [6.07, 6.45) is 2.08. The smallest absolute Gasteiger partial charge is 0.339 e. The Morgan fingerprint density at radius 1 is 1.35 bits per heavy atom. The molecule has 0 spiro atoms. The van der Waals surface area contributed by atoms with Crippen molar-refractivity contribution in [1.29, 1.82) is 0 Å². The highest BCUT2D eigenvalue weighted by molar-refractivity contribution is 5.95. The van der Waals surface area contributed by atoms with E-state index in [-0.39, 0.29) is 0 Å². The molecule has 0 radical (unpaired) electrons. The van der Waals surface area contributed by atoms with E-state index in [0.717, 1.165) is 37.2 Å². The minimum Gasteiger partial charge on any atom is -0.478 e. The largest absolute Gasteiger partial charge is 0.478 e. The molecule has 1 aromatic rings. The Morgan fingerprint density at radius 2 is 1.95 bits per heavy atom. The van der Waals surface area contributed by atoms with Crippen LogP contribution < -0.4 is 4.90 Å². The Labute approximate surface area is 120 Å². The number of aryl methyl sites for hydroxylation is 2. The summed E-state index contributed by atoms with van der Waals surface area (Å²) in [5, 5.41) is 9.43. The third-order valence-corrected chi connectivity index (χ3v) is 4.03. The van der Waals surface area contributed by atoms with Crippen LogP contribution in [0, 0.1) is 13.8 Å². The summed E-state index contributed by atoms with van der Waals surface area (Å²) < 4.78 is 0. The van der Waals surface area contributed by atoms with Crippen LogP contribution in [0.2, 0.25) is 0 Å². The van der Waals surface area contributed by atoms with Gasteiger partial charge in [-0.05, 0) is 52.4 Å². The zero-order chi connectivity index (χ0) is 14.9. The summed E-state index contributed by atoms with van der Waals surface area (Å²) in [5.41, 5.74) is 2.01. The quantitative estimate of drug-likeness (QED) is 0.915. The number of aromatic nitrogens is 1. The van der Waals surface area contributed by atoms with Crippen LogP contribution in [0.15, 0.2) is 6.07 Å². The van der Waals surface area contributed by atoms with Crippen molar-refractivity contribution in [3.63, 3.8) is 0 Å². The number of carboxylic acid groups (broad SMARTS) is 1. The molecule has 0 aliphatic carbocycles. The fraction of sp³-hybridized carbons (Fsp3) is 0.600. The topological polar surface area (TPSA) is 56.7 Å². The third-order valence-electron chi connectivity index (χ3n) is 4.03. The SMILES string of the molecule is Cc1cc(C)c(C(=O)O)c(N2CCC(N(C)C)CC2)n1. The molecule has 1 aliphatic heterocycles. The van der Waals surface area contributed by atoms with Crippen molar-refractivity contribution in [2.45, 2.75) is 32.7 Å². The van der Waals surface area contributed by atoms with Crippen molar-refractivity contribution in [3.8, 4) is 0 Å². The zero-order valence-corrected chi connectivity index (χ0v) is 12.7. The molecule has 0 saturated carbocycles. The highest BCUT2D eigenvalue weighted by Gasteiger charge is 2.26. The van der Waals surface area contributed by atoms with Crippen LogP contribution >= 0.6 is 0 Å². The van der Waals surface area contributed by atoms with Gasteiger partial charge in [0.1, 0.15) is 11.4 Å². The number of pyridine rings is 1. The number of rotatable bonds is 3. The van der Waals surface area contributed by atoms with Crippen LogP contribution in [-0.4, -0.2) is 54.2 Å². The van der Waals surface area contributed by atoms with Gasteiger partial charge in [-0.1, -0.05) is 0 Å². The third kappa shape index (κ3) is 2.93. The zero-order valence-electron chi connectivity index (χ0n) is 12.7. The molecule has 1 saturated heterocycles. The first-order valence-corrected chi connectivity index (χ1v) is 7.03. The number of hydrogen-bond donors (Lipinski definition) is 1. The summed E-state index contributed by atoms with van der Waals surface area (Å²) in [7, 11) is 4.19. The minimum atomic E-state index is -0.889. The number of anilines is 1. The second kappa shape index (κ2) is 5.79. The molecule has 1 aliphatic rings. The van der Waals surface area contributed by atoms with Crippen LogP contribution in [0.3, 0.4) is 0 Å². The van der Waals surface area contributed by atoms with Gasteiger partial charge in [-0.15, -0.1) is 0 Å². The molecule has 0 amide bonds. The Morgan fingerprint density at radius 3 is 2.45 bits per heavy atom. The molecule has 1 N–H and O–H groups in total. The summed E-state index contributed by atoms with van der Waals surface area (Å²) >= 11 is 0. The molecule has 5 nitrogen and oxygen atoms in total. The molecule has 0 bridgehead atoms. The monoisotopic (exact) mass is 277 g/mol. The lowest BCUT2D eigenvalue weighted by Crippen LogP contribution is -2.42. The predicted molar refractivity (Wildman–Crippen MR) is 79.6 cm³/mol. The normalized spacial score (nSPS) is 16.8. The number of carboxylic acids is 1. The first-order chi connectivity index (χ1) is 9.40. The van der Waals surface area contributed by atoms with Crippen LogP contribution in [0.4, 0.5) is 5.82 Å². The molecule has 110 valence electrons. The number of aromatic carboxylic acids is 1. The van der Waals surface area contributed by atoms with Crippen LogP contribution in [0.5, 0.6) is 0 Å². The number of hydrogen-bond acceptors (Lipinski definition) is 4. The maximum absolute atomic E-state index is 11.5. The molecule has 0 aromatic carbocycles. The lowest BCUT2D eigenvalue weighted by Gasteiger charge is -2.36. The van der Waals surface area contributed by atoms with E-state index in [0.29, 0.717) is 17.4 Å². The van der Waals surface area contributed by atoms with Gasteiger partial charge in [0.15, 0.2) is 0 Å². The molecule has 1 aromatic heterocycles. The molecule has 2 rings (SSSR count). The maximum atomic E-state index is 11.5. The van der Waals surface area contributed by atoms with Gasteiger partial charge in [-0.3, -0.25) is 0 Å². The van der Waals surface area contributed by atoms with Crippen LogP contribution in [0.1, 0.15) is 34.5 Å². The highest BCUT2D eigenvalue weighted by atomic mass is 16.4. The maximum Gasteiger partial charge on any atom is 0.339 e. The first kappa shape index (κ1) is 14.8. The lowest BCUT2D eigenvalue weighted by molar-refractivity contribution is 0.0696. The summed E-state index contributed by atoms with van der Waals surface area (Å²) in [5.74, 6) is -0.257.